The average molecular weight is 167 g/mol. The molecule has 0 rings (SSSR count). The lowest BCUT2D eigenvalue weighted by atomic mass is 10.2. The van der Waals surface area contributed by atoms with Crippen LogP contribution in [-0.2, 0) is 4.74 Å². The van der Waals surface area contributed by atoms with Gasteiger partial charge in [0.25, 0.3) is 0 Å². The van der Waals surface area contributed by atoms with Crippen LogP contribution in [0, 0.1) is 5.41 Å². The molecule has 1 unspecified atom stereocenters. The van der Waals surface area contributed by atoms with E-state index in [2.05, 4.69) is 0 Å². The molecule has 62 valence electrons. The minimum absolute atomic E-state index is 0. The average Bonchev–Trinajstić information content (AvgIpc) is 1.87. The fourth-order valence-electron chi connectivity index (χ4n) is 0.448. The molecule has 0 aromatic rings. The van der Waals surface area contributed by atoms with Crippen LogP contribution in [-0.4, -0.2) is 18.5 Å². The number of rotatable bonds is 3. The first-order chi connectivity index (χ1) is 4.22. The molecule has 0 aliphatic carbocycles. The summed E-state index contributed by atoms with van der Waals surface area (Å²) in [5.41, 5.74) is 5.45. The highest BCUT2D eigenvalue weighted by Crippen LogP contribution is 1.89. The Bertz CT molecular complexity index is 97.7. The van der Waals surface area contributed by atoms with Crippen molar-refractivity contribution in [2.45, 2.75) is 26.3 Å². The molecule has 0 aliphatic rings. The van der Waals surface area contributed by atoms with Crippen molar-refractivity contribution in [1.82, 2.24) is 0 Å². The van der Waals surface area contributed by atoms with Crippen LogP contribution >= 0.6 is 12.4 Å². The lowest BCUT2D eigenvalue weighted by molar-refractivity contribution is 0.307. The van der Waals surface area contributed by atoms with Gasteiger partial charge in [-0.05, 0) is 13.3 Å². The maximum atomic E-state index is 7.15. The van der Waals surface area contributed by atoms with Gasteiger partial charge in [0.05, 0.1) is 12.6 Å². The molecule has 4 heteroatoms. The Labute approximate surface area is 67.9 Å². The van der Waals surface area contributed by atoms with Crippen molar-refractivity contribution in [3.05, 3.63) is 0 Å². The van der Waals surface area contributed by atoms with E-state index in [1.165, 1.54) is 0 Å². The zero-order valence-corrected chi connectivity index (χ0v) is 7.20. The van der Waals surface area contributed by atoms with Crippen molar-refractivity contribution in [3.8, 4) is 0 Å². The zero-order chi connectivity index (χ0) is 7.28. The Balaban J connectivity index is 0. The first kappa shape index (κ1) is 12.4. The van der Waals surface area contributed by atoms with Gasteiger partial charge in [0.1, 0.15) is 0 Å². The topological polar surface area (TPSA) is 59.1 Å². The molecule has 10 heavy (non-hydrogen) atoms. The monoisotopic (exact) mass is 166 g/mol. The van der Waals surface area contributed by atoms with Crippen LogP contribution < -0.4 is 5.73 Å². The maximum absolute atomic E-state index is 7.15. The molecule has 0 aromatic heterocycles. The van der Waals surface area contributed by atoms with E-state index in [0.717, 1.165) is 6.42 Å². The molecule has 3 nitrogen and oxygen atoms in total. The SMILES string of the molecule is CCOC(=N)C(N)CC.Cl. The fourth-order valence-corrected chi connectivity index (χ4v) is 0.448. The normalized spacial score (nSPS) is 11.5. The Morgan fingerprint density at radius 1 is 1.60 bits per heavy atom. The van der Waals surface area contributed by atoms with E-state index < -0.39 is 0 Å². The number of hydrogen-bond acceptors (Lipinski definition) is 3. The van der Waals surface area contributed by atoms with Crippen LogP contribution in [0.4, 0.5) is 0 Å². The molecule has 3 N–H and O–H groups in total. The Morgan fingerprint density at radius 2 is 2.10 bits per heavy atom. The van der Waals surface area contributed by atoms with Crippen LogP contribution in [0.5, 0.6) is 0 Å². The van der Waals surface area contributed by atoms with Crippen molar-refractivity contribution < 1.29 is 4.74 Å². The minimum atomic E-state index is -0.218. The quantitative estimate of drug-likeness (QED) is 0.488. The first-order valence-electron chi connectivity index (χ1n) is 3.19. The van der Waals surface area contributed by atoms with E-state index in [9.17, 15) is 0 Å². The summed E-state index contributed by atoms with van der Waals surface area (Å²) in [5, 5.41) is 7.15. The van der Waals surface area contributed by atoms with Gasteiger partial charge < -0.3 is 10.5 Å². The second-order valence-electron chi connectivity index (χ2n) is 1.81. The summed E-state index contributed by atoms with van der Waals surface area (Å²) in [5.74, 6) is 0.194. The van der Waals surface area contributed by atoms with E-state index >= 15 is 0 Å². The lowest BCUT2D eigenvalue weighted by Gasteiger charge is -2.09. The van der Waals surface area contributed by atoms with Crippen molar-refractivity contribution in [2.24, 2.45) is 5.73 Å². The van der Waals surface area contributed by atoms with Gasteiger partial charge in [-0.15, -0.1) is 12.4 Å². The smallest absolute Gasteiger partial charge is 0.197 e. The summed E-state index contributed by atoms with van der Waals surface area (Å²) >= 11 is 0. The minimum Gasteiger partial charge on any atom is -0.480 e. The van der Waals surface area contributed by atoms with E-state index in [-0.39, 0.29) is 24.3 Å². The summed E-state index contributed by atoms with van der Waals surface area (Å²) in [6, 6.07) is -0.218. The highest BCUT2D eigenvalue weighted by atomic mass is 35.5. The van der Waals surface area contributed by atoms with Crippen LogP contribution in [0.1, 0.15) is 20.3 Å². The van der Waals surface area contributed by atoms with E-state index in [4.69, 9.17) is 15.9 Å². The second-order valence-corrected chi connectivity index (χ2v) is 1.81. The van der Waals surface area contributed by atoms with E-state index in [1.807, 2.05) is 13.8 Å². The van der Waals surface area contributed by atoms with Gasteiger partial charge in [-0.1, -0.05) is 6.92 Å². The molecule has 0 saturated heterocycles. The van der Waals surface area contributed by atoms with Crippen molar-refractivity contribution >= 4 is 18.3 Å². The molecule has 0 fully saturated rings. The summed E-state index contributed by atoms with van der Waals surface area (Å²) in [4.78, 5) is 0. The Morgan fingerprint density at radius 3 is 2.40 bits per heavy atom. The fraction of sp³-hybridized carbons (Fsp3) is 0.833. The third-order valence-electron chi connectivity index (χ3n) is 1.08. The summed E-state index contributed by atoms with van der Waals surface area (Å²) < 4.78 is 4.85. The van der Waals surface area contributed by atoms with E-state index in [0.29, 0.717) is 6.61 Å². The van der Waals surface area contributed by atoms with Crippen molar-refractivity contribution in [2.75, 3.05) is 6.61 Å². The first-order valence-corrected chi connectivity index (χ1v) is 3.19. The van der Waals surface area contributed by atoms with Gasteiger partial charge in [0, 0.05) is 0 Å². The molecule has 0 amide bonds. The number of nitrogens with two attached hydrogens (primary N) is 1. The summed E-state index contributed by atoms with van der Waals surface area (Å²) in [6.45, 7) is 4.31. The molecule has 0 aliphatic heterocycles. The number of halogens is 1. The molecule has 0 aromatic carbocycles. The molecular formula is C6H15ClN2O. The number of nitrogens with one attached hydrogen (secondary N) is 1. The van der Waals surface area contributed by atoms with Gasteiger partial charge in [-0.3, -0.25) is 5.41 Å². The van der Waals surface area contributed by atoms with Crippen molar-refractivity contribution in [3.63, 3.8) is 0 Å². The van der Waals surface area contributed by atoms with Gasteiger partial charge in [-0.2, -0.15) is 0 Å². The molecule has 0 spiro atoms. The van der Waals surface area contributed by atoms with Crippen LogP contribution in [0.15, 0.2) is 0 Å². The molecule has 0 heterocycles. The van der Waals surface area contributed by atoms with E-state index in [1.54, 1.807) is 0 Å². The second kappa shape index (κ2) is 6.83. The molecular weight excluding hydrogens is 152 g/mol. The lowest BCUT2D eigenvalue weighted by Crippen LogP contribution is -2.30. The molecule has 0 bridgehead atoms. The predicted molar refractivity (Wildman–Crippen MR) is 44.9 cm³/mol. The summed E-state index contributed by atoms with van der Waals surface area (Å²) in [6.07, 6.45) is 0.763. The van der Waals surface area contributed by atoms with Crippen LogP contribution in [0.3, 0.4) is 0 Å². The number of ether oxygens (including phenoxy) is 1. The van der Waals surface area contributed by atoms with Crippen molar-refractivity contribution in [1.29, 1.82) is 5.41 Å². The molecule has 1 atom stereocenters. The largest absolute Gasteiger partial charge is 0.480 e. The Kier molecular flexibility index (Phi) is 8.48. The third-order valence-corrected chi connectivity index (χ3v) is 1.08. The zero-order valence-electron chi connectivity index (χ0n) is 6.39. The number of hydrogen-bond donors (Lipinski definition) is 2. The molecule has 0 radical (unpaired) electrons. The van der Waals surface area contributed by atoms with Gasteiger partial charge >= 0.3 is 0 Å². The Hall–Kier alpha value is -0.280. The summed E-state index contributed by atoms with van der Waals surface area (Å²) in [7, 11) is 0. The molecule has 0 saturated carbocycles. The van der Waals surface area contributed by atoms with Gasteiger partial charge in [0.2, 0.25) is 0 Å². The van der Waals surface area contributed by atoms with Crippen LogP contribution in [0.25, 0.3) is 0 Å². The predicted octanol–water partition coefficient (Wildman–Crippen LogP) is 1.16. The maximum Gasteiger partial charge on any atom is 0.197 e. The highest BCUT2D eigenvalue weighted by molar-refractivity contribution is 5.85. The standard InChI is InChI=1S/C6H14N2O.ClH/c1-3-5(7)6(8)9-4-2;/h5,8H,3-4,7H2,1-2H3;1H. The van der Waals surface area contributed by atoms with Gasteiger partial charge in [-0.25, -0.2) is 0 Å². The highest BCUT2D eigenvalue weighted by Gasteiger charge is 2.05. The van der Waals surface area contributed by atoms with Crippen LogP contribution in [0.2, 0.25) is 0 Å². The van der Waals surface area contributed by atoms with Gasteiger partial charge in [0.15, 0.2) is 5.90 Å². The third kappa shape index (κ3) is 4.58.